The summed E-state index contributed by atoms with van der Waals surface area (Å²) in [5, 5.41) is 3.18. The normalized spacial score (nSPS) is 17.4. The van der Waals surface area contributed by atoms with E-state index < -0.39 is 0 Å². The fourth-order valence-corrected chi connectivity index (χ4v) is 3.78. The molecule has 0 saturated carbocycles. The second-order valence-electron chi connectivity index (χ2n) is 7.41. The van der Waals surface area contributed by atoms with Crippen molar-refractivity contribution < 1.29 is 19.1 Å². The molecule has 0 atom stereocenters. The van der Waals surface area contributed by atoms with Crippen LogP contribution in [0.1, 0.15) is 12.5 Å². The highest BCUT2D eigenvalue weighted by Gasteiger charge is 2.39. The molecule has 0 radical (unpaired) electrons. The van der Waals surface area contributed by atoms with E-state index in [2.05, 4.69) is 10.2 Å². The Balaban J connectivity index is 1.60. The minimum atomic E-state index is -0.300. The second-order valence-corrected chi connectivity index (χ2v) is 7.41. The summed E-state index contributed by atoms with van der Waals surface area (Å²) < 4.78 is 10.9. The van der Waals surface area contributed by atoms with Crippen LogP contribution in [0, 0.1) is 0 Å². The fourth-order valence-electron chi connectivity index (χ4n) is 3.78. The van der Waals surface area contributed by atoms with Crippen molar-refractivity contribution >= 4 is 23.1 Å². The van der Waals surface area contributed by atoms with Crippen LogP contribution in [-0.2, 0) is 14.3 Å². The Morgan fingerprint density at radius 3 is 2.32 bits per heavy atom. The first-order valence-corrected chi connectivity index (χ1v) is 10.6. The van der Waals surface area contributed by atoms with Gasteiger partial charge in [0.25, 0.3) is 11.8 Å². The lowest BCUT2D eigenvalue weighted by molar-refractivity contribution is -0.137. The van der Waals surface area contributed by atoms with Gasteiger partial charge in [-0.3, -0.25) is 19.4 Å². The Hall–Kier alpha value is -3.16. The zero-order chi connectivity index (χ0) is 21.6. The number of nitrogens with one attached hydrogen (secondary N) is 1. The molecule has 2 amide bonds. The van der Waals surface area contributed by atoms with E-state index in [1.54, 1.807) is 0 Å². The van der Waals surface area contributed by atoms with Crippen LogP contribution in [0.5, 0.6) is 5.75 Å². The van der Waals surface area contributed by atoms with E-state index in [9.17, 15) is 9.59 Å². The minimum absolute atomic E-state index is 0.277. The van der Waals surface area contributed by atoms with E-state index in [1.165, 1.54) is 4.90 Å². The molecule has 1 fully saturated rings. The monoisotopic (exact) mass is 421 g/mol. The Morgan fingerprint density at radius 1 is 0.935 bits per heavy atom. The maximum absolute atomic E-state index is 13.3. The zero-order valence-corrected chi connectivity index (χ0v) is 17.7. The number of imide groups is 1. The second kappa shape index (κ2) is 9.76. The summed E-state index contributed by atoms with van der Waals surface area (Å²) in [4.78, 5) is 30.1. The molecule has 1 N–H and O–H groups in total. The molecule has 4 rings (SSSR count). The molecule has 7 nitrogen and oxygen atoms in total. The summed E-state index contributed by atoms with van der Waals surface area (Å²) in [6, 6.07) is 16.7. The van der Waals surface area contributed by atoms with Gasteiger partial charge in [0.05, 0.1) is 25.4 Å². The highest BCUT2D eigenvalue weighted by Crippen LogP contribution is 2.31. The molecule has 162 valence electrons. The molecule has 0 bridgehead atoms. The maximum atomic E-state index is 13.3. The number of morpholine rings is 1. The topological polar surface area (TPSA) is 71.1 Å². The molecule has 2 aromatic rings. The SMILES string of the molecule is CCOc1ccc(C2=C(Nc3ccccc3)C(=O)N(CCN3CCOCC3)C2=O)cc1. The average molecular weight is 421 g/mol. The van der Waals surface area contributed by atoms with Gasteiger partial charge in [0.1, 0.15) is 11.4 Å². The largest absolute Gasteiger partial charge is 0.494 e. The van der Waals surface area contributed by atoms with Crippen molar-refractivity contribution in [3.8, 4) is 5.75 Å². The minimum Gasteiger partial charge on any atom is -0.494 e. The van der Waals surface area contributed by atoms with Crippen molar-refractivity contribution in [3.63, 3.8) is 0 Å². The smallest absolute Gasteiger partial charge is 0.278 e. The van der Waals surface area contributed by atoms with E-state index in [4.69, 9.17) is 9.47 Å². The quantitative estimate of drug-likeness (QED) is 0.661. The summed E-state index contributed by atoms with van der Waals surface area (Å²) >= 11 is 0. The Kier molecular flexibility index (Phi) is 6.64. The van der Waals surface area contributed by atoms with E-state index in [0.717, 1.165) is 24.5 Å². The molecular weight excluding hydrogens is 394 g/mol. The van der Waals surface area contributed by atoms with Crippen LogP contribution in [-0.4, -0.2) is 67.6 Å². The molecule has 2 aliphatic heterocycles. The first-order chi connectivity index (χ1) is 15.2. The highest BCUT2D eigenvalue weighted by molar-refractivity contribution is 6.36. The van der Waals surface area contributed by atoms with Gasteiger partial charge in [-0.2, -0.15) is 0 Å². The molecule has 31 heavy (non-hydrogen) atoms. The van der Waals surface area contributed by atoms with Crippen LogP contribution >= 0.6 is 0 Å². The standard InChI is InChI=1S/C24H27N3O4/c1-2-31-20-10-8-18(9-11-20)21-22(25-19-6-4-3-5-7-19)24(29)27(23(21)28)13-12-26-14-16-30-17-15-26/h3-11,25H,2,12-17H2,1H3. The van der Waals surface area contributed by atoms with E-state index in [0.29, 0.717) is 49.7 Å². The number of benzene rings is 2. The summed E-state index contributed by atoms with van der Waals surface area (Å²) in [6.45, 7) is 6.44. The number of para-hydroxylation sites is 1. The maximum Gasteiger partial charge on any atom is 0.278 e. The first kappa shape index (κ1) is 21.1. The van der Waals surface area contributed by atoms with Gasteiger partial charge >= 0.3 is 0 Å². The molecular formula is C24H27N3O4. The number of hydrogen-bond donors (Lipinski definition) is 1. The third kappa shape index (κ3) is 4.78. The molecule has 0 aliphatic carbocycles. The summed E-state index contributed by atoms with van der Waals surface area (Å²) in [6.07, 6.45) is 0. The van der Waals surface area contributed by atoms with Gasteiger partial charge in [-0.15, -0.1) is 0 Å². The molecule has 0 spiro atoms. The first-order valence-electron chi connectivity index (χ1n) is 10.6. The number of rotatable bonds is 8. The highest BCUT2D eigenvalue weighted by atomic mass is 16.5. The van der Waals surface area contributed by atoms with Gasteiger partial charge in [0.2, 0.25) is 0 Å². The number of anilines is 1. The number of ether oxygens (including phenoxy) is 2. The van der Waals surface area contributed by atoms with Crippen molar-refractivity contribution in [1.29, 1.82) is 0 Å². The van der Waals surface area contributed by atoms with Crippen molar-refractivity contribution in [2.45, 2.75) is 6.92 Å². The molecule has 2 aliphatic rings. The fraction of sp³-hybridized carbons (Fsp3) is 0.333. The van der Waals surface area contributed by atoms with Crippen molar-refractivity contribution in [1.82, 2.24) is 9.80 Å². The van der Waals surface area contributed by atoms with Crippen LogP contribution in [0.15, 0.2) is 60.3 Å². The summed E-state index contributed by atoms with van der Waals surface area (Å²) in [7, 11) is 0. The lowest BCUT2D eigenvalue weighted by Gasteiger charge is -2.28. The van der Waals surface area contributed by atoms with Crippen LogP contribution < -0.4 is 10.1 Å². The van der Waals surface area contributed by atoms with Gasteiger partial charge in [0.15, 0.2) is 0 Å². The summed E-state index contributed by atoms with van der Waals surface area (Å²) in [5.74, 6) is 0.150. The van der Waals surface area contributed by atoms with E-state index in [-0.39, 0.29) is 11.8 Å². The predicted molar refractivity (Wildman–Crippen MR) is 119 cm³/mol. The van der Waals surface area contributed by atoms with Gasteiger partial charge in [-0.25, -0.2) is 0 Å². The molecule has 7 heteroatoms. The number of carbonyl (C=O) groups excluding carboxylic acids is 2. The zero-order valence-electron chi connectivity index (χ0n) is 17.7. The molecule has 2 aromatic carbocycles. The van der Waals surface area contributed by atoms with Crippen LogP contribution in [0.4, 0.5) is 5.69 Å². The lowest BCUT2D eigenvalue weighted by Crippen LogP contribution is -2.43. The molecule has 0 aromatic heterocycles. The Labute approximate surface area is 182 Å². The summed E-state index contributed by atoms with van der Waals surface area (Å²) in [5.41, 5.74) is 2.15. The van der Waals surface area contributed by atoms with Gasteiger partial charge < -0.3 is 14.8 Å². The molecule has 2 heterocycles. The number of amides is 2. The number of carbonyl (C=O) groups is 2. The third-order valence-corrected chi connectivity index (χ3v) is 5.41. The van der Waals surface area contributed by atoms with Gasteiger partial charge in [-0.1, -0.05) is 30.3 Å². The Morgan fingerprint density at radius 2 is 1.65 bits per heavy atom. The molecule has 1 saturated heterocycles. The van der Waals surface area contributed by atoms with Crippen LogP contribution in [0.25, 0.3) is 5.57 Å². The van der Waals surface area contributed by atoms with Gasteiger partial charge in [0, 0.05) is 31.9 Å². The van der Waals surface area contributed by atoms with E-state index in [1.807, 2.05) is 61.5 Å². The number of nitrogens with zero attached hydrogens (tertiary/aromatic N) is 2. The van der Waals surface area contributed by atoms with Crippen LogP contribution in [0.3, 0.4) is 0 Å². The lowest BCUT2D eigenvalue weighted by atomic mass is 10.0. The van der Waals surface area contributed by atoms with Crippen molar-refractivity contribution in [2.75, 3.05) is 51.3 Å². The molecule has 0 unspecified atom stereocenters. The average Bonchev–Trinajstić information content (AvgIpc) is 3.03. The third-order valence-electron chi connectivity index (χ3n) is 5.41. The predicted octanol–water partition coefficient (Wildman–Crippen LogP) is 2.61. The van der Waals surface area contributed by atoms with Gasteiger partial charge in [-0.05, 0) is 36.8 Å². The van der Waals surface area contributed by atoms with Crippen LogP contribution in [0.2, 0.25) is 0 Å². The van der Waals surface area contributed by atoms with Crippen molar-refractivity contribution in [2.24, 2.45) is 0 Å². The van der Waals surface area contributed by atoms with Crippen molar-refractivity contribution in [3.05, 3.63) is 65.9 Å². The Bertz CT molecular complexity index is 951. The number of hydrogen-bond acceptors (Lipinski definition) is 6. The van der Waals surface area contributed by atoms with E-state index >= 15 is 0 Å².